The average molecular weight is 505 g/mol. The molecule has 2 saturated carbocycles. The van der Waals surface area contributed by atoms with Crippen molar-refractivity contribution in [2.75, 3.05) is 21.2 Å². The van der Waals surface area contributed by atoms with Gasteiger partial charge < -0.3 is 19.1 Å². The van der Waals surface area contributed by atoms with Crippen molar-refractivity contribution in [1.29, 1.82) is 0 Å². The number of carbonyl (C=O) groups excluding carboxylic acids is 1. The van der Waals surface area contributed by atoms with Gasteiger partial charge in [0.05, 0.1) is 18.4 Å². The quantitative estimate of drug-likeness (QED) is 0.513. The molecule has 1 aromatic heterocycles. The van der Waals surface area contributed by atoms with Crippen molar-refractivity contribution in [2.45, 2.75) is 87.6 Å². The Morgan fingerprint density at radius 2 is 1.57 bits per heavy atom. The molecule has 2 aromatic rings. The summed E-state index contributed by atoms with van der Waals surface area (Å²) in [5.41, 5.74) is 1.20. The predicted octanol–water partition coefficient (Wildman–Crippen LogP) is 3.08. The van der Waals surface area contributed by atoms with Gasteiger partial charge in [-0.1, -0.05) is 5.16 Å². The van der Waals surface area contributed by atoms with Crippen molar-refractivity contribution in [3.63, 3.8) is 0 Å². The number of nitrogens with zero attached hydrogens (tertiary/aromatic N) is 4. The van der Waals surface area contributed by atoms with Gasteiger partial charge in [0.1, 0.15) is 11.5 Å². The van der Waals surface area contributed by atoms with Crippen LogP contribution in [0, 0.1) is 13.8 Å². The summed E-state index contributed by atoms with van der Waals surface area (Å²) in [6, 6.07) is 4.50. The molecule has 0 unspecified atom stereocenters. The van der Waals surface area contributed by atoms with Gasteiger partial charge in [-0.05, 0) is 89.7 Å². The van der Waals surface area contributed by atoms with Crippen LogP contribution in [0.15, 0.2) is 21.6 Å². The highest BCUT2D eigenvalue weighted by atomic mass is 32.2. The van der Waals surface area contributed by atoms with E-state index in [0.29, 0.717) is 29.0 Å². The Hall–Kier alpha value is -2.46. The Kier molecular flexibility index (Phi) is 7.51. The van der Waals surface area contributed by atoms with Crippen LogP contribution in [0.1, 0.15) is 61.4 Å². The number of amides is 1. The SMILES string of the molecule is COc1cc(C)c(S(=O)(=O)Cc2nc(CC(=O)N(C3CCC(N(C)C)CC3)C3CC3)no2)c(C)c1. The van der Waals surface area contributed by atoms with Crippen molar-refractivity contribution >= 4 is 15.7 Å². The summed E-state index contributed by atoms with van der Waals surface area (Å²) >= 11 is 0. The number of ether oxygens (including phenoxy) is 1. The predicted molar refractivity (Wildman–Crippen MR) is 131 cm³/mol. The molecule has 2 fully saturated rings. The highest BCUT2D eigenvalue weighted by Gasteiger charge is 2.39. The smallest absolute Gasteiger partial charge is 0.242 e. The van der Waals surface area contributed by atoms with E-state index in [1.54, 1.807) is 33.1 Å². The number of aromatic nitrogens is 2. The van der Waals surface area contributed by atoms with Gasteiger partial charge in [-0.3, -0.25) is 4.79 Å². The third kappa shape index (κ3) is 5.86. The molecule has 0 spiro atoms. The second kappa shape index (κ2) is 10.3. The number of rotatable bonds is 9. The highest BCUT2D eigenvalue weighted by molar-refractivity contribution is 7.90. The molecule has 10 heteroatoms. The zero-order chi connectivity index (χ0) is 25.3. The number of methoxy groups -OCH3 is 1. The van der Waals surface area contributed by atoms with Crippen molar-refractivity contribution in [3.05, 3.63) is 35.0 Å². The lowest BCUT2D eigenvalue weighted by molar-refractivity contribution is -0.134. The van der Waals surface area contributed by atoms with Crippen molar-refractivity contribution in [2.24, 2.45) is 0 Å². The summed E-state index contributed by atoms with van der Waals surface area (Å²) in [6.45, 7) is 3.47. The molecule has 0 N–H and O–H groups in total. The number of benzene rings is 1. The molecule has 1 heterocycles. The molecule has 0 aliphatic heterocycles. The van der Waals surface area contributed by atoms with Crippen molar-refractivity contribution in [3.8, 4) is 5.75 Å². The first-order valence-electron chi connectivity index (χ1n) is 12.3. The van der Waals surface area contributed by atoms with E-state index >= 15 is 0 Å². The normalized spacial score (nSPS) is 20.7. The molecule has 0 saturated heterocycles. The van der Waals surface area contributed by atoms with Crippen LogP contribution in [0.4, 0.5) is 0 Å². The summed E-state index contributed by atoms with van der Waals surface area (Å²) in [4.78, 5) is 22.0. The molecule has 4 rings (SSSR count). The zero-order valence-electron chi connectivity index (χ0n) is 21.3. The van der Waals surface area contributed by atoms with Gasteiger partial charge in [0, 0.05) is 18.1 Å². The number of carbonyl (C=O) groups is 1. The molecule has 2 aliphatic carbocycles. The Labute approximate surface area is 207 Å². The standard InChI is InChI=1S/C25H36N4O5S/c1-16-12-21(33-5)13-17(2)25(16)35(31,32)15-23-26-22(27-34-23)14-24(30)29(20-10-11-20)19-8-6-18(7-9-19)28(3)4/h12-13,18-20H,6-11,14-15H2,1-5H3. The van der Waals surface area contributed by atoms with E-state index in [2.05, 4.69) is 29.1 Å². The molecule has 1 aromatic carbocycles. The Morgan fingerprint density at radius 3 is 2.09 bits per heavy atom. The maximum Gasteiger partial charge on any atom is 0.242 e. The second-order valence-corrected chi connectivity index (χ2v) is 12.0. The molecule has 2 aliphatic rings. The highest BCUT2D eigenvalue weighted by Crippen LogP contribution is 2.35. The summed E-state index contributed by atoms with van der Waals surface area (Å²) in [5.74, 6) is 0.414. The maximum absolute atomic E-state index is 13.2. The lowest BCUT2D eigenvalue weighted by Gasteiger charge is -2.39. The molecule has 192 valence electrons. The molecule has 1 amide bonds. The number of aryl methyl sites for hydroxylation is 2. The van der Waals surface area contributed by atoms with E-state index in [1.165, 1.54) is 0 Å². The molecule has 0 atom stereocenters. The van der Waals surface area contributed by atoms with Gasteiger partial charge in [0.25, 0.3) is 0 Å². The van der Waals surface area contributed by atoms with Gasteiger partial charge in [-0.25, -0.2) is 8.42 Å². The van der Waals surface area contributed by atoms with Gasteiger partial charge in [-0.2, -0.15) is 4.98 Å². The molecule has 0 bridgehead atoms. The third-order valence-corrected chi connectivity index (χ3v) is 9.02. The van der Waals surface area contributed by atoms with Crippen LogP contribution in [-0.2, 0) is 26.8 Å². The van der Waals surface area contributed by atoms with Crippen LogP contribution in [-0.4, -0.2) is 73.6 Å². The molecular formula is C25H36N4O5S. The zero-order valence-corrected chi connectivity index (χ0v) is 22.1. The van der Waals surface area contributed by atoms with Crippen molar-refractivity contribution in [1.82, 2.24) is 19.9 Å². The topological polar surface area (TPSA) is 106 Å². The van der Waals surface area contributed by atoms with Gasteiger partial charge in [-0.15, -0.1) is 0 Å². The van der Waals surface area contributed by atoms with Crippen LogP contribution in [0.5, 0.6) is 5.75 Å². The minimum absolute atomic E-state index is 0.00199. The van der Waals surface area contributed by atoms with E-state index in [-0.39, 0.29) is 35.0 Å². The van der Waals surface area contributed by atoms with E-state index in [9.17, 15) is 13.2 Å². The summed E-state index contributed by atoms with van der Waals surface area (Å²) < 4.78 is 36.7. The monoisotopic (exact) mass is 504 g/mol. The van der Waals surface area contributed by atoms with Crippen LogP contribution in [0.3, 0.4) is 0 Å². The molecule has 9 nitrogen and oxygen atoms in total. The fraction of sp³-hybridized carbons (Fsp3) is 0.640. The maximum atomic E-state index is 13.2. The lowest BCUT2D eigenvalue weighted by Crippen LogP contribution is -2.46. The molecular weight excluding hydrogens is 468 g/mol. The fourth-order valence-electron chi connectivity index (χ4n) is 5.31. The number of hydrogen-bond donors (Lipinski definition) is 0. The molecule has 35 heavy (non-hydrogen) atoms. The van der Waals surface area contributed by atoms with Crippen molar-refractivity contribution < 1.29 is 22.5 Å². The van der Waals surface area contributed by atoms with Crippen LogP contribution in [0.25, 0.3) is 0 Å². The van der Waals surface area contributed by atoms with Crippen LogP contribution < -0.4 is 4.74 Å². The number of sulfone groups is 1. The van der Waals surface area contributed by atoms with E-state index in [0.717, 1.165) is 38.5 Å². The minimum atomic E-state index is -3.72. The summed E-state index contributed by atoms with van der Waals surface area (Å²) in [5, 5.41) is 3.92. The Morgan fingerprint density at radius 1 is 1.03 bits per heavy atom. The van der Waals surface area contributed by atoms with E-state index in [4.69, 9.17) is 9.26 Å². The lowest BCUT2D eigenvalue weighted by atomic mass is 9.89. The first kappa shape index (κ1) is 25.6. The van der Waals surface area contributed by atoms with Gasteiger partial charge >= 0.3 is 0 Å². The largest absolute Gasteiger partial charge is 0.497 e. The molecule has 0 radical (unpaired) electrons. The minimum Gasteiger partial charge on any atom is -0.497 e. The summed E-state index contributed by atoms with van der Waals surface area (Å²) in [7, 11) is 2.05. The van der Waals surface area contributed by atoms with Crippen LogP contribution in [0.2, 0.25) is 0 Å². The van der Waals surface area contributed by atoms with Gasteiger partial charge in [0.15, 0.2) is 15.7 Å². The van der Waals surface area contributed by atoms with Crippen LogP contribution >= 0.6 is 0 Å². The van der Waals surface area contributed by atoms with Gasteiger partial charge in [0.2, 0.25) is 11.8 Å². The van der Waals surface area contributed by atoms with E-state index < -0.39 is 15.6 Å². The fourth-order valence-corrected chi connectivity index (χ4v) is 7.00. The third-order valence-electron chi connectivity index (χ3n) is 7.13. The Balaban J connectivity index is 1.43. The summed E-state index contributed by atoms with van der Waals surface area (Å²) in [6.07, 6.45) is 6.27. The van der Waals surface area contributed by atoms with E-state index in [1.807, 2.05) is 4.90 Å². The first-order valence-corrected chi connectivity index (χ1v) is 13.9. The average Bonchev–Trinajstić information content (AvgIpc) is 3.52. The Bertz CT molecular complexity index is 1140. The first-order chi connectivity index (χ1) is 16.6. The second-order valence-electron chi connectivity index (χ2n) is 10.1. The number of hydrogen-bond acceptors (Lipinski definition) is 8.